The summed E-state index contributed by atoms with van der Waals surface area (Å²) in [5, 5.41) is 16.2. The van der Waals surface area contributed by atoms with Gasteiger partial charge in [-0.05, 0) is 37.7 Å². The van der Waals surface area contributed by atoms with E-state index in [1.54, 1.807) is 11.9 Å². The van der Waals surface area contributed by atoms with E-state index >= 15 is 0 Å². The number of rotatable bonds is 11. The zero-order valence-electron chi connectivity index (χ0n) is 21.4. The fourth-order valence-corrected chi connectivity index (χ4v) is 5.94. The second-order valence-electron chi connectivity index (χ2n) is 10.00. The van der Waals surface area contributed by atoms with Crippen LogP contribution in [0.3, 0.4) is 0 Å². The SMILES string of the molecule is CCCC(C)NC(=O)[C@@H]1[C@H]2C=C[C@@H](CCC)[C@@H](C(=O)NC)[C@@H]2C(=O)N1[C@@H](CO)Cc1ccccc1. The summed E-state index contributed by atoms with van der Waals surface area (Å²) in [6, 6.07) is 8.33. The van der Waals surface area contributed by atoms with Crippen molar-refractivity contribution >= 4 is 17.7 Å². The van der Waals surface area contributed by atoms with Gasteiger partial charge in [-0.15, -0.1) is 0 Å². The standard InChI is InChI=1S/C28H41N3O4/c1-5-10-18(3)30-27(34)25-22-15-14-20(11-6-2)23(26(33)29-4)24(22)28(35)31(25)21(17-32)16-19-12-8-7-9-13-19/h7-9,12-15,18,20-25,32H,5-6,10-11,16-17H2,1-4H3,(H,29,33)(H,30,34)/t18?,20-,21-,22+,23-,24-,25+/m1/s1. The van der Waals surface area contributed by atoms with Gasteiger partial charge in [0.1, 0.15) is 6.04 Å². The number of hydrogen-bond acceptors (Lipinski definition) is 4. The van der Waals surface area contributed by atoms with E-state index in [0.29, 0.717) is 6.42 Å². The molecule has 0 spiro atoms. The third-order valence-corrected chi connectivity index (χ3v) is 7.52. The number of allylic oxidation sites excluding steroid dienone is 1. The predicted octanol–water partition coefficient (Wildman–Crippen LogP) is 2.69. The van der Waals surface area contributed by atoms with Gasteiger partial charge in [0.15, 0.2) is 0 Å². The number of amides is 3. The highest BCUT2D eigenvalue weighted by Crippen LogP contribution is 2.46. The molecule has 0 radical (unpaired) electrons. The van der Waals surface area contributed by atoms with Gasteiger partial charge in [-0.3, -0.25) is 14.4 Å². The second-order valence-corrected chi connectivity index (χ2v) is 10.00. The third kappa shape index (κ3) is 5.77. The van der Waals surface area contributed by atoms with Crippen LogP contribution in [0.4, 0.5) is 0 Å². The van der Waals surface area contributed by atoms with Gasteiger partial charge in [0.2, 0.25) is 17.7 Å². The molecule has 1 aliphatic carbocycles. The van der Waals surface area contributed by atoms with E-state index in [0.717, 1.165) is 31.2 Å². The van der Waals surface area contributed by atoms with Crippen LogP contribution in [-0.2, 0) is 20.8 Å². The average molecular weight is 484 g/mol. The van der Waals surface area contributed by atoms with Crippen molar-refractivity contribution < 1.29 is 19.5 Å². The average Bonchev–Trinajstić information content (AvgIpc) is 3.15. The lowest BCUT2D eigenvalue weighted by Gasteiger charge is -2.35. The molecule has 1 aromatic rings. The fourth-order valence-electron chi connectivity index (χ4n) is 5.94. The molecule has 3 N–H and O–H groups in total. The van der Waals surface area contributed by atoms with E-state index < -0.39 is 29.8 Å². The summed E-state index contributed by atoms with van der Waals surface area (Å²) in [5.41, 5.74) is 0.981. The molecular weight excluding hydrogens is 442 g/mol. The van der Waals surface area contributed by atoms with E-state index in [2.05, 4.69) is 24.5 Å². The first-order valence-electron chi connectivity index (χ1n) is 13.0. The third-order valence-electron chi connectivity index (χ3n) is 7.52. The van der Waals surface area contributed by atoms with Gasteiger partial charge < -0.3 is 20.6 Å². The molecule has 7 heteroatoms. The minimum Gasteiger partial charge on any atom is -0.394 e. The molecule has 1 fully saturated rings. The van der Waals surface area contributed by atoms with Gasteiger partial charge in [-0.1, -0.05) is 69.2 Å². The van der Waals surface area contributed by atoms with E-state index in [1.807, 2.05) is 49.4 Å². The fraction of sp³-hybridized carbons (Fsp3) is 0.607. The van der Waals surface area contributed by atoms with Crippen molar-refractivity contribution in [3.8, 4) is 0 Å². The molecular formula is C28H41N3O4. The van der Waals surface area contributed by atoms with Crippen LogP contribution < -0.4 is 10.6 Å². The number of aliphatic hydroxyl groups is 1. The van der Waals surface area contributed by atoms with Crippen LogP contribution in [0.2, 0.25) is 0 Å². The van der Waals surface area contributed by atoms with E-state index in [-0.39, 0.29) is 36.3 Å². The number of nitrogens with zero attached hydrogens (tertiary/aromatic N) is 1. The summed E-state index contributed by atoms with van der Waals surface area (Å²) in [7, 11) is 1.60. The first-order valence-corrected chi connectivity index (χ1v) is 13.0. The number of benzene rings is 1. The van der Waals surface area contributed by atoms with Crippen molar-refractivity contribution in [3.05, 3.63) is 48.0 Å². The lowest BCUT2D eigenvalue weighted by atomic mass is 9.68. The Morgan fingerprint density at radius 3 is 2.40 bits per heavy atom. The molecule has 3 amide bonds. The Kier molecular flexibility index (Phi) is 9.49. The van der Waals surface area contributed by atoms with Crippen LogP contribution in [0.5, 0.6) is 0 Å². The first kappa shape index (κ1) is 26.9. The van der Waals surface area contributed by atoms with Crippen LogP contribution in [0, 0.1) is 23.7 Å². The number of fused-ring (bicyclic) bond motifs is 1. The number of carbonyl (C=O) groups excluding carboxylic acids is 3. The van der Waals surface area contributed by atoms with Gasteiger partial charge in [0, 0.05) is 19.0 Å². The van der Waals surface area contributed by atoms with E-state index in [1.165, 1.54) is 0 Å². The first-order chi connectivity index (χ1) is 16.9. The number of nitrogens with one attached hydrogen (secondary N) is 2. The van der Waals surface area contributed by atoms with Crippen molar-refractivity contribution in [2.24, 2.45) is 23.7 Å². The topological polar surface area (TPSA) is 98.7 Å². The largest absolute Gasteiger partial charge is 0.394 e. The van der Waals surface area contributed by atoms with Crippen LogP contribution in [0.15, 0.2) is 42.5 Å². The van der Waals surface area contributed by atoms with Crippen molar-refractivity contribution in [3.63, 3.8) is 0 Å². The number of carbonyl (C=O) groups is 3. The molecule has 0 aromatic heterocycles. The maximum atomic E-state index is 14.1. The molecule has 1 unspecified atom stereocenters. The lowest BCUT2D eigenvalue weighted by Crippen LogP contribution is -2.54. The smallest absolute Gasteiger partial charge is 0.243 e. The molecule has 0 saturated carbocycles. The molecule has 192 valence electrons. The van der Waals surface area contributed by atoms with Crippen molar-refractivity contribution in [2.75, 3.05) is 13.7 Å². The minimum absolute atomic E-state index is 0.0275. The summed E-state index contributed by atoms with van der Waals surface area (Å²) in [4.78, 5) is 42.3. The van der Waals surface area contributed by atoms with Gasteiger partial charge in [0.05, 0.1) is 24.5 Å². The Morgan fingerprint density at radius 1 is 1.09 bits per heavy atom. The normalized spacial score (nSPS) is 27.3. The number of hydrogen-bond donors (Lipinski definition) is 3. The Morgan fingerprint density at radius 2 is 1.80 bits per heavy atom. The van der Waals surface area contributed by atoms with Gasteiger partial charge >= 0.3 is 0 Å². The van der Waals surface area contributed by atoms with Crippen LogP contribution >= 0.6 is 0 Å². The Balaban J connectivity index is 2.03. The number of aliphatic hydroxyl groups excluding tert-OH is 1. The van der Waals surface area contributed by atoms with Crippen LogP contribution in [0.25, 0.3) is 0 Å². The maximum absolute atomic E-state index is 14.1. The zero-order valence-corrected chi connectivity index (χ0v) is 21.4. The highest BCUT2D eigenvalue weighted by atomic mass is 16.3. The highest BCUT2D eigenvalue weighted by molar-refractivity contribution is 5.97. The maximum Gasteiger partial charge on any atom is 0.243 e. The van der Waals surface area contributed by atoms with Crippen LogP contribution in [0.1, 0.15) is 52.0 Å². The molecule has 1 heterocycles. The molecule has 7 nitrogen and oxygen atoms in total. The molecule has 1 aliphatic heterocycles. The molecule has 35 heavy (non-hydrogen) atoms. The second kappa shape index (κ2) is 12.3. The minimum atomic E-state index is -0.765. The highest BCUT2D eigenvalue weighted by Gasteiger charge is 2.58. The monoisotopic (exact) mass is 483 g/mol. The summed E-state index contributed by atoms with van der Waals surface area (Å²) < 4.78 is 0. The Hall–Kier alpha value is -2.67. The van der Waals surface area contributed by atoms with Gasteiger partial charge in [-0.25, -0.2) is 0 Å². The number of likely N-dealkylation sites (tertiary alicyclic amines) is 1. The predicted molar refractivity (Wildman–Crippen MR) is 136 cm³/mol. The Bertz CT molecular complexity index is 903. The zero-order chi connectivity index (χ0) is 25.5. The molecule has 1 saturated heterocycles. The lowest BCUT2D eigenvalue weighted by molar-refractivity contribution is -0.143. The van der Waals surface area contributed by atoms with E-state index in [4.69, 9.17) is 0 Å². The van der Waals surface area contributed by atoms with Gasteiger partial charge in [-0.2, -0.15) is 0 Å². The summed E-state index contributed by atoms with van der Waals surface area (Å²) in [5.74, 6) is -2.24. The summed E-state index contributed by atoms with van der Waals surface area (Å²) in [6.45, 7) is 5.84. The quantitative estimate of drug-likeness (QED) is 0.422. The van der Waals surface area contributed by atoms with Crippen molar-refractivity contribution in [2.45, 2.75) is 71.0 Å². The molecule has 7 atom stereocenters. The molecule has 2 aliphatic rings. The molecule has 0 bridgehead atoms. The van der Waals surface area contributed by atoms with E-state index in [9.17, 15) is 19.5 Å². The molecule has 1 aromatic carbocycles. The van der Waals surface area contributed by atoms with Crippen LogP contribution in [-0.4, -0.2) is 59.5 Å². The van der Waals surface area contributed by atoms with Gasteiger partial charge in [0.25, 0.3) is 0 Å². The van der Waals surface area contributed by atoms with Crippen molar-refractivity contribution in [1.29, 1.82) is 0 Å². The van der Waals surface area contributed by atoms with Crippen molar-refractivity contribution in [1.82, 2.24) is 15.5 Å². The molecule has 3 rings (SSSR count). The summed E-state index contributed by atoms with van der Waals surface area (Å²) in [6.07, 6.45) is 7.90. The summed E-state index contributed by atoms with van der Waals surface area (Å²) >= 11 is 0. The Labute approximate surface area is 209 Å².